The van der Waals surface area contributed by atoms with Gasteiger partial charge in [-0.25, -0.2) is 0 Å². The van der Waals surface area contributed by atoms with Crippen LogP contribution in [0.2, 0.25) is 0 Å². The van der Waals surface area contributed by atoms with Gasteiger partial charge in [0.05, 0.1) is 0 Å². The molecule has 0 saturated heterocycles. The second kappa shape index (κ2) is 4.07. The minimum atomic E-state index is 0.344. The topological polar surface area (TPSA) is 38.0 Å². The lowest BCUT2D eigenvalue weighted by Crippen LogP contribution is -2.28. The first-order valence-corrected chi connectivity index (χ1v) is 4.18. The van der Waals surface area contributed by atoms with Gasteiger partial charge in [-0.15, -0.1) is 0 Å². The van der Waals surface area contributed by atoms with Gasteiger partial charge in [-0.05, 0) is 24.7 Å². The fourth-order valence-corrected chi connectivity index (χ4v) is 1.08. The highest BCUT2D eigenvalue weighted by Gasteiger charge is 1.92. The third-order valence-electron chi connectivity index (χ3n) is 1.55. The van der Waals surface area contributed by atoms with Gasteiger partial charge in [0.15, 0.2) is 5.11 Å². The van der Waals surface area contributed by atoms with Crippen LogP contribution in [0, 0.1) is 6.92 Å². The maximum Gasteiger partial charge on any atom is 0.163 e. The first-order valence-electron chi connectivity index (χ1n) is 3.77. The Morgan fingerprint density at radius 2 is 2.33 bits per heavy atom. The molecule has 0 radical (unpaired) electrons. The highest BCUT2D eigenvalue weighted by atomic mass is 32.1. The fourth-order valence-electron chi connectivity index (χ4n) is 1.01. The molecule has 64 valence electrons. The van der Waals surface area contributed by atoms with E-state index in [2.05, 4.69) is 24.4 Å². The summed E-state index contributed by atoms with van der Waals surface area (Å²) in [4.78, 5) is 0. The molecule has 0 amide bonds. The van der Waals surface area contributed by atoms with Crippen LogP contribution in [-0.2, 0) is 6.54 Å². The van der Waals surface area contributed by atoms with Crippen LogP contribution in [0.25, 0.3) is 0 Å². The summed E-state index contributed by atoms with van der Waals surface area (Å²) in [6.45, 7) is 2.77. The summed E-state index contributed by atoms with van der Waals surface area (Å²) in [6.07, 6.45) is 0. The van der Waals surface area contributed by atoms with Gasteiger partial charge < -0.3 is 11.1 Å². The van der Waals surface area contributed by atoms with E-state index in [4.69, 9.17) is 18.0 Å². The van der Waals surface area contributed by atoms with Crippen LogP contribution in [0.5, 0.6) is 0 Å². The molecule has 0 aliphatic carbocycles. The number of nitrogens with two attached hydrogens (primary N) is 1. The quantitative estimate of drug-likeness (QED) is 0.674. The summed E-state index contributed by atoms with van der Waals surface area (Å²) in [5, 5.41) is 3.24. The molecule has 2 nitrogen and oxygen atoms in total. The van der Waals surface area contributed by atoms with E-state index in [1.54, 1.807) is 0 Å². The van der Waals surface area contributed by atoms with Crippen LogP contribution in [-0.4, -0.2) is 5.11 Å². The summed E-state index contributed by atoms with van der Waals surface area (Å²) in [5.74, 6) is 0. The van der Waals surface area contributed by atoms with Gasteiger partial charge in [0.25, 0.3) is 0 Å². The molecule has 12 heavy (non-hydrogen) atoms. The maximum absolute atomic E-state index is 5.30. The predicted octanol–water partition coefficient (Wildman–Crippen LogP) is 1.33. The second-order valence-corrected chi connectivity index (χ2v) is 3.15. The lowest BCUT2D eigenvalue weighted by Gasteiger charge is -2.03. The van der Waals surface area contributed by atoms with Crippen molar-refractivity contribution < 1.29 is 0 Å². The average molecular weight is 180 g/mol. The van der Waals surface area contributed by atoms with Crippen molar-refractivity contribution in [2.75, 3.05) is 0 Å². The maximum atomic E-state index is 5.30. The molecule has 3 heteroatoms. The molecule has 0 aliphatic heterocycles. The van der Waals surface area contributed by atoms with Gasteiger partial charge in [0, 0.05) is 6.54 Å². The van der Waals surface area contributed by atoms with E-state index >= 15 is 0 Å². The van der Waals surface area contributed by atoms with Crippen molar-refractivity contribution in [3.05, 3.63) is 35.4 Å². The average Bonchev–Trinajstić information content (AvgIpc) is 2.01. The molecule has 0 aromatic heterocycles. The van der Waals surface area contributed by atoms with E-state index in [0.29, 0.717) is 11.7 Å². The van der Waals surface area contributed by atoms with Gasteiger partial charge in [0.1, 0.15) is 0 Å². The first-order chi connectivity index (χ1) is 5.68. The van der Waals surface area contributed by atoms with Crippen LogP contribution in [0.15, 0.2) is 24.3 Å². The van der Waals surface area contributed by atoms with Crippen molar-refractivity contribution in [3.8, 4) is 0 Å². The molecule has 0 bridgehead atoms. The fraction of sp³-hybridized carbons (Fsp3) is 0.222. The van der Waals surface area contributed by atoms with Crippen LogP contribution in [0.4, 0.5) is 0 Å². The molecule has 0 atom stereocenters. The van der Waals surface area contributed by atoms with Crippen LogP contribution < -0.4 is 11.1 Å². The Morgan fingerprint density at radius 3 is 2.92 bits per heavy atom. The van der Waals surface area contributed by atoms with Gasteiger partial charge in [-0.2, -0.15) is 0 Å². The number of hydrogen-bond donors (Lipinski definition) is 2. The normalized spacial score (nSPS) is 9.42. The summed E-state index contributed by atoms with van der Waals surface area (Å²) >= 11 is 4.69. The zero-order valence-corrected chi connectivity index (χ0v) is 7.82. The number of thiocarbonyl (C=S) groups is 1. The van der Waals surface area contributed by atoms with Crippen molar-refractivity contribution in [2.45, 2.75) is 13.5 Å². The van der Waals surface area contributed by atoms with Crippen molar-refractivity contribution in [3.63, 3.8) is 0 Å². The SMILES string of the molecule is Cc1cccc(CNC(N)=S)c1. The zero-order valence-electron chi connectivity index (χ0n) is 7.00. The summed E-state index contributed by atoms with van der Waals surface area (Å²) in [5.41, 5.74) is 7.74. The Labute approximate surface area is 77.8 Å². The third kappa shape index (κ3) is 2.88. The van der Waals surface area contributed by atoms with E-state index in [9.17, 15) is 0 Å². The lowest BCUT2D eigenvalue weighted by atomic mass is 10.1. The Balaban J connectivity index is 2.57. The van der Waals surface area contributed by atoms with E-state index in [-0.39, 0.29) is 0 Å². The summed E-state index contributed by atoms with van der Waals surface area (Å²) < 4.78 is 0. The number of hydrogen-bond acceptors (Lipinski definition) is 1. The van der Waals surface area contributed by atoms with Crippen molar-refractivity contribution in [1.29, 1.82) is 0 Å². The monoisotopic (exact) mass is 180 g/mol. The molecule has 3 N–H and O–H groups in total. The van der Waals surface area contributed by atoms with Crippen LogP contribution in [0.3, 0.4) is 0 Å². The van der Waals surface area contributed by atoms with Gasteiger partial charge in [0.2, 0.25) is 0 Å². The molecule has 1 aromatic rings. The summed E-state index contributed by atoms with van der Waals surface area (Å²) in [7, 11) is 0. The van der Waals surface area contributed by atoms with Gasteiger partial charge in [-0.3, -0.25) is 0 Å². The molecule has 1 rings (SSSR count). The van der Waals surface area contributed by atoms with Crippen molar-refractivity contribution in [2.24, 2.45) is 5.73 Å². The Morgan fingerprint density at radius 1 is 1.58 bits per heavy atom. The molecule has 0 heterocycles. The highest BCUT2D eigenvalue weighted by molar-refractivity contribution is 7.80. The lowest BCUT2D eigenvalue weighted by molar-refractivity contribution is 0.918. The Hall–Kier alpha value is -1.09. The minimum Gasteiger partial charge on any atom is -0.376 e. The van der Waals surface area contributed by atoms with Crippen LogP contribution >= 0.6 is 12.2 Å². The number of nitrogens with one attached hydrogen (secondary N) is 1. The first kappa shape index (κ1) is 9.00. The molecule has 0 saturated carbocycles. The molecule has 1 aromatic carbocycles. The van der Waals surface area contributed by atoms with E-state index in [0.717, 1.165) is 0 Å². The van der Waals surface area contributed by atoms with Crippen LogP contribution in [0.1, 0.15) is 11.1 Å². The Bertz CT molecular complexity index is 284. The molecule has 0 spiro atoms. The minimum absolute atomic E-state index is 0.344. The highest BCUT2D eigenvalue weighted by Crippen LogP contribution is 2.02. The van der Waals surface area contributed by atoms with Crippen molar-refractivity contribution in [1.82, 2.24) is 5.32 Å². The Kier molecular flexibility index (Phi) is 3.05. The largest absolute Gasteiger partial charge is 0.376 e. The second-order valence-electron chi connectivity index (χ2n) is 2.71. The zero-order chi connectivity index (χ0) is 8.97. The predicted molar refractivity (Wildman–Crippen MR) is 54.8 cm³/mol. The van der Waals surface area contributed by atoms with E-state index < -0.39 is 0 Å². The van der Waals surface area contributed by atoms with Crippen molar-refractivity contribution >= 4 is 17.3 Å². The molecule has 0 unspecified atom stereocenters. The van der Waals surface area contributed by atoms with Gasteiger partial charge >= 0.3 is 0 Å². The van der Waals surface area contributed by atoms with E-state index in [1.165, 1.54) is 11.1 Å². The third-order valence-corrected chi connectivity index (χ3v) is 1.69. The number of benzene rings is 1. The molecule has 0 aliphatic rings. The number of rotatable bonds is 2. The van der Waals surface area contributed by atoms with Gasteiger partial charge in [-0.1, -0.05) is 29.8 Å². The smallest absolute Gasteiger partial charge is 0.163 e. The standard InChI is InChI=1S/C9H12N2S/c1-7-3-2-4-8(5-7)6-11-9(10)12/h2-5H,6H2,1H3,(H3,10,11,12). The molecular weight excluding hydrogens is 168 g/mol. The van der Waals surface area contributed by atoms with E-state index in [1.807, 2.05) is 12.1 Å². The summed E-state index contributed by atoms with van der Waals surface area (Å²) in [6, 6.07) is 8.22. The number of aryl methyl sites for hydroxylation is 1. The molecule has 0 fully saturated rings. The molecular formula is C9H12N2S.